The van der Waals surface area contributed by atoms with Gasteiger partial charge in [0.25, 0.3) is 5.91 Å². The molecular weight excluding hydrogens is 334 g/mol. The van der Waals surface area contributed by atoms with Gasteiger partial charge in [0.15, 0.2) is 5.78 Å². The van der Waals surface area contributed by atoms with E-state index in [0.29, 0.717) is 10.4 Å². The highest BCUT2D eigenvalue weighted by atomic mass is 32.1. The quantitative estimate of drug-likeness (QED) is 0.659. The Labute approximate surface area is 150 Å². The smallest absolute Gasteiger partial charge is 0.252 e. The number of Topliss-reactive ketones (excluding diaryl/α,β-unsaturated/α-hetero) is 1. The van der Waals surface area contributed by atoms with Crippen LogP contribution in [0.2, 0.25) is 0 Å². The molecule has 25 heavy (non-hydrogen) atoms. The number of carbonyl (C=O) groups excluding carboxylic acids is 2. The molecule has 0 radical (unpaired) electrons. The number of thiophene rings is 1. The van der Waals surface area contributed by atoms with Gasteiger partial charge in [0.05, 0.1) is 22.8 Å². The Kier molecular flexibility index (Phi) is 5.40. The van der Waals surface area contributed by atoms with Gasteiger partial charge in [-0.05, 0) is 25.0 Å². The van der Waals surface area contributed by atoms with Gasteiger partial charge in [-0.15, -0.1) is 11.3 Å². The monoisotopic (exact) mass is 353 g/mol. The van der Waals surface area contributed by atoms with E-state index in [1.807, 2.05) is 41.1 Å². The predicted molar refractivity (Wildman–Crippen MR) is 97.8 cm³/mol. The van der Waals surface area contributed by atoms with Crippen molar-refractivity contribution < 1.29 is 9.59 Å². The third-order valence-electron chi connectivity index (χ3n) is 3.95. The van der Waals surface area contributed by atoms with Crippen molar-refractivity contribution in [2.45, 2.75) is 25.9 Å². The number of aryl methyl sites for hydroxylation is 1. The summed E-state index contributed by atoms with van der Waals surface area (Å²) in [6.07, 6.45) is 6.16. The molecule has 5 nitrogen and oxygen atoms in total. The van der Waals surface area contributed by atoms with Gasteiger partial charge in [-0.25, -0.2) is 4.98 Å². The highest BCUT2D eigenvalue weighted by molar-refractivity contribution is 7.12. The van der Waals surface area contributed by atoms with Crippen LogP contribution in [0.25, 0.3) is 0 Å². The lowest BCUT2D eigenvalue weighted by molar-refractivity contribution is 0.0934. The number of amides is 1. The molecule has 0 aliphatic rings. The molecule has 0 spiro atoms. The van der Waals surface area contributed by atoms with Crippen molar-refractivity contribution in [3.63, 3.8) is 0 Å². The fraction of sp³-hybridized carbons (Fsp3) is 0.211. The van der Waals surface area contributed by atoms with E-state index >= 15 is 0 Å². The molecule has 3 rings (SSSR count). The van der Waals surface area contributed by atoms with Crippen LogP contribution in [-0.4, -0.2) is 21.2 Å². The summed E-state index contributed by atoms with van der Waals surface area (Å²) in [6.45, 7) is 2.26. The molecule has 0 fully saturated rings. The van der Waals surface area contributed by atoms with Crippen LogP contribution in [-0.2, 0) is 6.54 Å². The number of rotatable bonds is 7. The van der Waals surface area contributed by atoms with Crippen LogP contribution in [0.1, 0.15) is 45.0 Å². The number of ketones is 1. The molecular formula is C19H19N3O2S. The highest BCUT2D eigenvalue weighted by Gasteiger charge is 2.17. The Morgan fingerprint density at radius 2 is 2.08 bits per heavy atom. The van der Waals surface area contributed by atoms with Crippen LogP contribution in [0.5, 0.6) is 0 Å². The summed E-state index contributed by atoms with van der Waals surface area (Å²) in [5.74, 6) is -0.188. The molecule has 0 bridgehead atoms. The van der Waals surface area contributed by atoms with Crippen molar-refractivity contribution >= 4 is 23.0 Å². The molecule has 0 saturated carbocycles. The fourth-order valence-corrected chi connectivity index (χ4v) is 3.38. The van der Waals surface area contributed by atoms with E-state index in [9.17, 15) is 9.59 Å². The molecule has 0 aliphatic heterocycles. The van der Waals surface area contributed by atoms with E-state index < -0.39 is 0 Å². The number of imidazole rings is 1. The lowest BCUT2D eigenvalue weighted by Gasteiger charge is -2.19. The van der Waals surface area contributed by atoms with Crippen LogP contribution in [0.4, 0.5) is 0 Å². The number of nitrogens with zero attached hydrogens (tertiary/aromatic N) is 2. The summed E-state index contributed by atoms with van der Waals surface area (Å²) < 4.78 is 1.99. The largest absolute Gasteiger partial charge is 0.345 e. The second-order valence-corrected chi connectivity index (χ2v) is 6.69. The van der Waals surface area contributed by atoms with Crippen LogP contribution in [0.15, 0.2) is 60.5 Å². The molecule has 2 aromatic heterocycles. The lowest BCUT2D eigenvalue weighted by Crippen LogP contribution is -2.29. The van der Waals surface area contributed by atoms with E-state index in [1.54, 1.807) is 24.0 Å². The van der Waals surface area contributed by atoms with E-state index in [2.05, 4.69) is 10.3 Å². The minimum absolute atomic E-state index is 0.0243. The van der Waals surface area contributed by atoms with Gasteiger partial charge >= 0.3 is 0 Å². The Bertz CT molecular complexity index is 841. The van der Waals surface area contributed by atoms with Crippen molar-refractivity contribution in [1.82, 2.24) is 14.9 Å². The number of benzene rings is 1. The van der Waals surface area contributed by atoms with E-state index in [1.165, 1.54) is 18.3 Å². The molecule has 0 aliphatic carbocycles. The predicted octanol–water partition coefficient (Wildman–Crippen LogP) is 3.71. The molecule has 1 atom stereocenters. The summed E-state index contributed by atoms with van der Waals surface area (Å²) in [5.41, 5.74) is 1.58. The van der Waals surface area contributed by atoms with Crippen molar-refractivity contribution in [2.75, 3.05) is 0 Å². The summed E-state index contributed by atoms with van der Waals surface area (Å²) in [5, 5.41) is 4.81. The number of nitrogens with one attached hydrogen (secondary N) is 1. The first-order chi connectivity index (χ1) is 12.1. The molecule has 1 N–H and O–H groups in total. The maximum Gasteiger partial charge on any atom is 0.252 e. The number of hydrogen-bond acceptors (Lipinski definition) is 4. The SMILES string of the molecule is CC(=O)c1cc(C(=O)NC(CCn2ccnc2)c2ccccc2)cs1. The average Bonchev–Trinajstić information content (AvgIpc) is 3.30. The van der Waals surface area contributed by atoms with Gasteiger partial charge in [0.1, 0.15) is 0 Å². The minimum atomic E-state index is -0.164. The zero-order valence-corrected chi connectivity index (χ0v) is 14.7. The van der Waals surface area contributed by atoms with Crippen molar-refractivity contribution in [2.24, 2.45) is 0 Å². The van der Waals surface area contributed by atoms with Gasteiger partial charge in [-0.2, -0.15) is 0 Å². The summed E-state index contributed by atoms with van der Waals surface area (Å²) in [6, 6.07) is 11.4. The topological polar surface area (TPSA) is 64.0 Å². The van der Waals surface area contributed by atoms with Crippen LogP contribution < -0.4 is 5.32 Å². The zero-order valence-electron chi connectivity index (χ0n) is 13.9. The first kappa shape index (κ1) is 17.1. The van der Waals surface area contributed by atoms with E-state index in [4.69, 9.17) is 0 Å². The van der Waals surface area contributed by atoms with Gasteiger partial charge in [0.2, 0.25) is 0 Å². The molecule has 1 unspecified atom stereocenters. The number of carbonyl (C=O) groups is 2. The van der Waals surface area contributed by atoms with Gasteiger partial charge < -0.3 is 9.88 Å². The molecule has 2 heterocycles. The number of hydrogen-bond donors (Lipinski definition) is 1. The number of aromatic nitrogens is 2. The first-order valence-corrected chi connectivity index (χ1v) is 8.92. The zero-order chi connectivity index (χ0) is 17.6. The standard InChI is InChI=1S/C19H19N3O2S/c1-14(23)18-11-16(12-25-18)19(24)21-17(15-5-3-2-4-6-15)7-9-22-10-8-20-13-22/h2-6,8,10-13,17H,7,9H2,1H3,(H,21,24). The van der Waals surface area contributed by atoms with Gasteiger partial charge in [-0.1, -0.05) is 30.3 Å². The van der Waals surface area contributed by atoms with Gasteiger partial charge in [0, 0.05) is 24.3 Å². The Morgan fingerprint density at radius 1 is 1.28 bits per heavy atom. The first-order valence-electron chi connectivity index (χ1n) is 8.04. The molecule has 128 valence electrons. The Hall–Kier alpha value is -2.73. The van der Waals surface area contributed by atoms with Crippen molar-refractivity contribution in [1.29, 1.82) is 0 Å². The third kappa shape index (κ3) is 4.42. The molecule has 1 amide bonds. The van der Waals surface area contributed by atoms with Crippen molar-refractivity contribution in [3.8, 4) is 0 Å². The average molecular weight is 353 g/mol. The molecule has 3 aromatic rings. The van der Waals surface area contributed by atoms with E-state index in [0.717, 1.165) is 18.5 Å². The molecule has 6 heteroatoms. The Morgan fingerprint density at radius 3 is 2.72 bits per heavy atom. The Balaban J connectivity index is 1.74. The lowest BCUT2D eigenvalue weighted by atomic mass is 10.0. The summed E-state index contributed by atoms with van der Waals surface area (Å²) in [4.78, 5) is 28.7. The normalized spacial score (nSPS) is 11.9. The second kappa shape index (κ2) is 7.90. The highest BCUT2D eigenvalue weighted by Crippen LogP contribution is 2.20. The van der Waals surface area contributed by atoms with Crippen LogP contribution in [0, 0.1) is 0 Å². The fourth-order valence-electron chi connectivity index (χ4n) is 2.59. The maximum atomic E-state index is 12.6. The molecule has 0 saturated heterocycles. The minimum Gasteiger partial charge on any atom is -0.345 e. The molecule has 1 aromatic carbocycles. The van der Waals surface area contributed by atoms with Crippen LogP contribution >= 0.6 is 11.3 Å². The summed E-state index contributed by atoms with van der Waals surface area (Å²) >= 11 is 1.30. The third-order valence-corrected chi connectivity index (χ3v) is 4.98. The van der Waals surface area contributed by atoms with Crippen molar-refractivity contribution in [3.05, 3.63) is 76.5 Å². The maximum absolute atomic E-state index is 12.6. The van der Waals surface area contributed by atoms with Crippen LogP contribution in [0.3, 0.4) is 0 Å². The van der Waals surface area contributed by atoms with Gasteiger partial charge in [-0.3, -0.25) is 9.59 Å². The summed E-state index contributed by atoms with van der Waals surface area (Å²) in [7, 11) is 0. The van der Waals surface area contributed by atoms with E-state index in [-0.39, 0.29) is 17.7 Å². The second-order valence-electron chi connectivity index (χ2n) is 5.78.